The van der Waals surface area contributed by atoms with E-state index in [-0.39, 0.29) is 12.7 Å². The van der Waals surface area contributed by atoms with Crippen LogP contribution < -0.4 is 9.47 Å². The van der Waals surface area contributed by atoms with E-state index in [4.69, 9.17) is 32.7 Å². The zero-order valence-electron chi connectivity index (χ0n) is 15.5. The molecule has 5 nitrogen and oxygen atoms in total. The number of benzene rings is 2. The molecular formula is C21H18Cl2N2O3S. The monoisotopic (exact) mass is 448 g/mol. The van der Waals surface area contributed by atoms with Crippen LogP contribution in [-0.4, -0.2) is 48.7 Å². The van der Waals surface area contributed by atoms with Crippen LogP contribution in [-0.2, 0) is 6.54 Å². The van der Waals surface area contributed by atoms with Crippen molar-refractivity contribution in [3.05, 3.63) is 56.9 Å². The number of ether oxygens (including phenoxy) is 2. The van der Waals surface area contributed by atoms with E-state index in [0.717, 1.165) is 41.2 Å². The molecule has 2 aromatic carbocycles. The second-order valence-electron chi connectivity index (χ2n) is 7.11. The number of amides is 1. The van der Waals surface area contributed by atoms with Gasteiger partial charge < -0.3 is 14.4 Å². The maximum atomic E-state index is 13.1. The second kappa shape index (κ2) is 7.69. The van der Waals surface area contributed by atoms with Gasteiger partial charge in [0.25, 0.3) is 5.91 Å². The third-order valence-electron chi connectivity index (χ3n) is 5.30. The number of hydrogen-bond acceptors (Lipinski definition) is 5. The van der Waals surface area contributed by atoms with Crippen molar-refractivity contribution in [3.8, 4) is 11.5 Å². The summed E-state index contributed by atoms with van der Waals surface area (Å²) in [5, 5.41) is 1.81. The standard InChI is InChI=1S/C21H18Cl2N2O3S/c22-14-2-1-3-17-18(14)19(23)20(29-17)21(26)25-8-6-24(7-9-25)11-13-4-5-15-16(10-13)28-12-27-15/h1-5,10H,6-9,11-12H2. The Morgan fingerprint density at radius 2 is 1.83 bits per heavy atom. The predicted molar refractivity (Wildman–Crippen MR) is 116 cm³/mol. The number of nitrogens with zero attached hydrogens (tertiary/aromatic N) is 2. The molecule has 150 valence electrons. The lowest BCUT2D eigenvalue weighted by Crippen LogP contribution is -2.48. The highest BCUT2D eigenvalue weighted by atomic mass is 35.5. The van der Waals surface area contributed by atoms with Gasteiger partial charge in [0.1, 0.15) is 4.88 Å². The summed E-state index contributed by atoms with van der Waals surface area (Å²) in [4.78, 5) is 17.8. The van der Waals surface area contributed by atoms with Crippen LogP contribution in [0.4, 0.5) is 0 Å². The number of rotatable bonds is 3. The summed E-state index contributed by atoms with van der Waals surface area (Å²) in [5.41, 5.74) is 1.18. The first-order chi connectivity index (χ1) is 14.1. The molecule has 3 heterocycles. The highest BCUT2D eigenvalue weighted by molar-refractivity contribution is 7.21. The fourth-order valence-corrected chi connectivity index (χ4v) is 5.68. The summed E-state index contributed by atoms with van der Waals surface area (Å²) in [5.74, 6) is 1.58. The minimum absolute atomic E-state index is 0.0185. The van der Waals surface area contributed by atoms with Crippen molar-refractivity contribution in [1.82, 2.24) is 9.80 Å². The highest BCUT2D eigenvalue weighted by Crippen LogP contribution is 2.40. The van der Waals surface area contributed by atoms with E-state index in [1.54, 1.807) is 6.07 Å². The van der Waals surface area contributed by atoms with E-state index in [9.17, 15) is 4.79 Å². The van der Waals surface area contributed by atoms with E-state index in [2.05, 4.69) is 11.0 Å². The molecule has 0 saturated carbocycles. The number of fused-ring (bicyclic) bond motifs is 2. The van der Waals surface area contributed by atoms with Gasteiger partial charge in [0.05, 0.1) is 10.0 Å². The normalized spacial score (nSPS) is 16.6. The zero-order valence-corrected chi connectivity index (χ0v) is 17.8. The van der Waals surface area contributed by atoms with Gasteiger partial charge in [0.15, 0.2) is 11.5 Å². The molecule has 2 aliphatic rings. The zero-order chi connectivity index (χ0) is 20.0. The lowest BCUT2D eigenvalue weighted by Gasteiger charge is -2.34. The van der Waals surface area contributed by atoms with Crippen molar-refractivity contribution >= 4 is 50.5 Å². The highest BCUT2D eigenvalue weighted by Gasteiger charge is 2.27. The molecule has 5 rings (SSSR count). The van der Waals surface area contributed by atoms with Crippen molar-refractivity contribution in [3.63, 3.8) is 0 Å². The molecule has 2 aliphatic heterocycles. The number of carbonyl (C=O) groups is 1. The molecular weight excluding hydrogens is 431 g/mol. The van der Waals surface area contributed by atoms with Gasteiger partial charge in [-0.3, -0.25) is 9.69 Å². The van der Waals surface area contributed by atoms with Crippen LogP contribution in [0.5, 0.6) is 11.5 Å². The average molecular weight is 449 g/mol. The molecule has 0 unspecified atom stereocenters. The van der Waals surface area contributed by atoms with E-state index >= 15 is 0 Å². The minimum Gasteiger partial charge on any atom is -0.454 e. The van der Waals surface area contributed by atoms with Crippen molar-refractivity contribution in [2.75, 3.05) is 33.0 Å². The third kappa shape index (κ3) is 3.55. The van der Waals surface area contributed by atoms with Gasteiger partial charge in [-0.1, -0.05) is 35.3 Å². The molecule has 29 heavy (non-hydrogen) atoms. The fraction of sp³-hybridized carbons (Fsp3) is 0.286. The van der Waals surface area contributed by atoms with Crippen LogP contribution in [0.25, 0.3) is 10.1 Å². The fourth-order valence-electron chi connectivity index (χ4n) is 3.76. The Morgan fingerprint density at radius 3 is 2.62 bits per heavy atom. The molecule has 0 aliphatic carbocycles. The molecule has 1 aromatic heterocycles. The van der Waals surface area contributed by atoms with Gasteiger partial charge in [-0.15, -0.1) is 11.3 Å². The number of carbonyl (C=O) groups excluding carboxylic acids is 1. The van der Waals surface area contributed by atoms with Crippen LogP contribution in [0.1, 0.15) is 15.2 Å². The quantitative estimate of drug-likeness (QED) is 0.571. The van der Waals surface area contributed by atoms with Crippen LogP contribution >= 0.6 is 34.5 Å². The summed E-state index contributed by atoms with van der Waals surface area (Å²) in [6.07, 6.45) is 0. The topological polar surface area (TPSA) is 42.0 Å². The average Bonchev–Trinajstić information content (AvgIpc) is 3.33. The van der Waals surface area contributed by atoms with Gasteiger partial charge in [-0.25, -0.2) is 0 Å². The second-order valence-corrected chi connectivity index (χ2v) is 8.95. The van der Waals surface area contributed by atoms with Gasteiger partial charge in [0, 0.05) is 42.8 Å². The van der Waals surface area contributed by atoms with Gasteiger partial charge >= 0.3 is 0 Å². The lowest BCUT2D eigenvalue weighted by atomic mass is 10.1. The molecule has 0 spiro atoms. The Balaban J connectivity index is 1.25. The molecule has 0 atom stereocenters. The first-order valence-corrected chi connectivity index (χ1v) is 10.9. The maximum absolute atomic E-state index is 13.1. The minimum atomic E-state index is -0.0185. The number of halogens is 2. The largest absolute Gasteiger partial charge is 0.454 e. The summed E-state index contributed by atoms with van der Waals surface area (Å²) in [6.45, 7) is 4.05. The molecule has 3 aromatic rings. The Bertz CT molecular complexity index is 1090. The van der Waals surface area contributed by atoms with Crippen LogP contribution in [0.3, 0.4) is 0 Å². The summed E-state index contributed by atoms with van der Waals surface area (Å²) in [6, 6.07) is 11.7. The summed E-state index contributed by atoms with van der Waals surface area (Å²) in [7, 11) is 0. The SMILES string of the molecule is O=C(c1sc2cccc(Cl)c2c1Cl)N1CCN(Cc2ccc3c(c2)OCO3)CC1. The van der Waals surface area contributed by atoms with Gasteiger partial charge in [0.2, 0.25) is 6.79 Å². The number of thiophene rings is 1. The summed E-state index contributed by atoms with van der Waals surface area (Å²) >= 11 is 14.2. The molecule has 0 radical (unpaired) electrons. The number of piperazine rings is 1. The molecule has 0 bridgehead atoms. The Morgan fingerprint density at radius 1 is 1.03 bits per heavy atom. The first kappa shape index (κ1) is 19.0. The smallest absolute Gasteiger partial charge is 0.265 e. The van der Waals surface area contributed by atoms with Crippen molar-refractivity contribution in [2.45, 2.75) is 6.54 Å². The Kier molecular flexibility index (Phi) is 5.04. The van der Waals surface area contributed by atoms with E-state index in [1.807, 2.05) is 29.2 Å². The molecule has 1 saturated heterocycles. The van der Waals surface area contributed by atoms with Crippen LogP contribution in [0.15, 0.2) is 36.4 Å². The Hall–Kier alpha value is -1.99. The van der Waals surface area contributed by atoms with Gasteiger partial charge in [-0.05, 0) is 29.8 Å². The van der Waals surface area contributed by atoms with Crippen molar-refractivity contribution in [1.29, 1.82) is 0 Å². The van der Waals surface area contributed by atoms with E-state index < -0.39 is 0 Å². The molecule has 1 amide bonds. The van der Waals surface area contributed by atoms with E-state index in [0.29, 0.717) is 28.0 Å². The number of hydrogen-bond donors (Lipinski definition) is 0. The molecule has 8 heteroatoms. The van der Waals surface area contributed by atoms with Crippen LogP contribution in [0, 0.1) is 0 Å². The van der Waals surface area contributed by atoms with Gasteiger partial charge in [-0.2, -0.15) is 0 Å². The van der Waals surface area contributed by atoms with E-state index in [1.165, 1.54) is 16.9 Å². The Labute approximate surface area is 182 Å². The first-order valence-electron chi connectivity index (χ1n) is 9.37. The molecule has 0 N–H and O–H groups in total. The maximum Gasteiger partial charge on any atom is 0.265 e. The molecule has 1 fully saturated rings. The third-order valence-corrected chi connectivity index (χ3v) is 7.25. The summed E-state index contributed by atoms with van der Waals surface area (Å²) < 4.78 is 11.8. The predicted octanol–water partition coefficient (Wildman–Crippen LogP) is 4.89. The lowest BCUT2D eigenvalue weighted by molar-refractivity contribution is 0.0633. The van der Waals surface area contributed by atoms with Crippen molar-refractivity contribution in [2.24, 2.45) is 0 Å². The van der Waals surface area contributed by atoms with Crippen LogP contribution in [0.2, 0.25) is 10.0 Å². The van der Waals surface area contributed by atoms with Crippen molar-refractivity contribution < 1.29 is 14.3 Å².